The van der Waals surface area contributed by atoms with Crippen LogP contribution in [0, 0.1) is 11.6 Å². The number of nitrogens with one attached hydrogen (secondary N) is 2. The van der Waals surface area contributed by atoms with Gasteiger partial charge in [0, 0.05) is 24.6 Å². The first-order chi connectivity index (χ1) is 12.1. The van der Waals surface area contributed by atoms with Gasteiger partial charge in [-0.2, -0.15) is 0 Å². The molecule has 5 nitrogen and oxygen atoms in total. The fourth-order valence-corrected chi connectivity index (χ4v) is 2.20. The highest BCUT2D eigenvalue weighted by molar-refractivity contribution is 5.89. The Hall–Kier alpha value is -3.22. The maximum absolute atomic E-state index is 13.4. The van der Waals surface area contributed by atoms with Crippen LogP contribution in [-0.2, 0) is 6.42 Å². The highest BCUT2D eigenvalue weighted by Crippen LogP contribution is 2.18. The molecule has 25 heavy (non-hydrogen) atoms. The fourth-order valence-electron chi connectivity index (χ4n) is 2.20. The SMILES string of the molecule is O=C(NCCc1coc(-c2ccccc2)n1)Nc1cc(F)ccc1F. The van der Waals surface area contributed by atoms with Crippen molar-refractivity contribution in [3.8, 4) is 11.5 Å². The first kappa shape index (κ1) is 16.6. The molecule has 0 aliphatic rings. The van der Waals surface area contributed by atoms with E-state index >= 15 is 0 Å². The molecule has 2 amide bonds. The lowest BCUT2D eigenvalue weighted by Gasteiger charge is -2.07. The molecule has 7 heteroatoms. The van der Waals surface area contributed by atoms with E-state index in [-0.39, 0.29) is 12.2 Å². The van der Waals surface area contributed by atoms with Crippen molar-refractivity contribution in [2.24, 2.45) is 0 Å². The van der Waals surface area contributed by atoms with Crippen molar-refractivity contribution < 1.29 is 18.0 Å². The molecule has 0 saturated heterocycles. The molecule has 2 N–H and O–H groups in total. The lowest BCUT2D eigenvalue weighted by atomic mass is 10.2. The van der Waals surface area contributed by atoms with E-state index in [1.54, 1.807) is 0 Å². The lowest BCUT2D eigenvalue weighted by Crippen LogP contribution is -2.30. The highest BCUT2D eigenvalue weighted by atomic mass is 19.1. The normalized spacial score (nSPS) is 10.5. The number of benzene rings is 2. The molecule has 3 aromatic rings. The van der Waals surface area contributed by atoms with Gasteiger partial charge in [-0.15, -0.1) is 0 Å². The van der Waals surface area contributed by atoms with Crippen molar-refractivity contribution >= 4 is 11.7 Å². The van der Waals surface area contributed by atoms with Crippen molar-refractivity contribution in [2.45, 2.75) is 6.42 Å². The van der Waals surface area contributed by atoms with Gasteiger partial charge in [0.15, 0.2) is 0 Å². The third-order valence-electron chi connectivity index (χ3n) is 3.42. The minimum atomic E-state index is -0.708. The summed E-state index contributed by atoms with van der Waals surface area (Å²) in [5.74, 6) is -0.838. The second-order valence-electron chi connectivity index (χ2n) is 5.27. The van der Waals surface area contributed by atoms with Crippen molar-refractivity contribution in [3.05, 3.63) is 72.1 Å². The maximum atomic E-state index is 13.4. The van der Waals surface area contributed by atoms with Gasteiger partial charge in [-0.05, 0) is 24.3 Å². The summed E-state index contributed by atoms with van der Waals surface area (Å²) in [7, 11) is 0. The van der Waals surface area contributed by atoms with E-state index in [2.05, 4.69) is 15.6 Å². The van der Waals surface area contributed by atoms with Gasteiger partial charge in [-0.25, -0.2) is 18.6 Å². The number of halogens is 2. The largest absolute Gasteiger partial charge is 0.444 e. The first-order valence-electron chi connectivity index (χ1n) is 7.61. The summed E-state index contributed by atoms with van der Waals surface area (Å²) in [6.45, 7) is 0.267. The van der Waals surface area contributed by atoms with Crippen LogP contribution in [0.25, 0.3) is 11.5 Å². The number of oxazole rings is 1. The standard InChI is InChI=1S/C18H15F2N3O2/c19-13-6-7-15(20)16(10-13)23-18(24)21-9-8-14-11-25-17(22-14)12-4-2-1-3-5-12/h1-7,10-11H,8-9H2,(H2,21,23,24). The molecular formula is C18H15F2N3O2. The number of carbonyl (C=O) groups is 1. The Bertz CT molecular complexity index is 866. The lowest BCUT2D eigenvalue weighted by molar-refractivity contribution is 0.252. The summed E-state index contributed by atoms with van der Waals surface area (Å²) in [5.41, 5.74) is 1.32. The first-order valence-corrected chi connectivity index (χ1v) is 7.61. The Balaban J connectivity index is 1.50. The van der Waals surface area contributed by atoms with Crippen LogP contribution < -0.4 is 10.6 Å². The third kappa shape index (κ3) is 4.41. The molecule has 1 heterocycles. The van der Waals surface area contributed by atoms with E-state index < -0.39 is 17.7 Å². The topological polar surface area (TPSA) is 67.2 Å². The summed E-state index contributed by atoms with van der Waals surface area (Å²) in [4.78, 5) is 16.1. The molecular weight excluding hydrogens is 328 g/mol. The highest BCUT2D eigenvalue weighted by Gasteiger charge is 2.09. The zero-order chi connectivity index (χ0) is 17.6. The van der Waals surface area contributed by atoms with Gasteiger partial charge in [0.25, 0.3) is 0 Å². The number of carbonyl (C=O) groups excluding carboxylic acids is 1. The number of hydrogen-bond donors (Lipinski definition) is 2. The van der Waals surface area contributed by atoms with E-state index in [0.29, 0.717) is 18.0 Å². The van der Waals surface area contributed by atoms with Crippen LogP contribution in [0.1, 0.15) is 5.69 Å². The molecule has 128 valence electrons. The summed E-state index contributed by atoms with van der Waals surface area (Å²) in [5, 5.41) is 4.81. The molecule has 0 unspecified atom stereocenters. The van der Waals surface area contributed by atoms with Crippen LogP contribution in [-0.4, -0.2) is 17.6 Å². The molecule has 0 radical (unpaired) electrons. The van der Waals surface area contributed by atoms with Crippen molar-refractivity contribution in [1.82, 2.24) is 10.3 Å². The number of hydrogen-bond acceptors (Lipinski definition) is 3. The second-order valence-corrected chi connectivity index (χ2v) is 5.27. The quantitative estimate of drug-likeness (QED) is 0.736. The number of rotatable bonds is 5. The summed E-state index contributed by atoms with van der Waals surface area (Å²) < 4.78 is 31.9. The van der Waals surface area contributed by atoms with E-state index in [1.165, 1.54) is 6.26 Å². The number of nitrogens with zero attached hydrogens (tertiary/aromatic N) is 1. The molecule has 0 bridgehead atoms. The monoisotopic (exact) mass is 343 g/mol. The molecule has 0 saturated carbocycles. The van der Waals surface area contributed by atoms with Gasteiger partial charge < -0.3 is 15.1 Å². The Morgan fingerprint density at radius 1 is 1.12 bits per heavy atom. The zero-order valence-electron chi connectivity index (χ0n) is 13.1. The van der Waals surface area contributed by atoms with Gasteiger partial charge in [0.05, 0.1) is 11.4 Å². The minimum Gasteiger partial charge on any atom is -0.444 e. The van der Waals surface area contributed by atoms with Crippen LogP contribution in [0.3, 0.4) is 0 Å². The van der Waals surface area contributed by atoms with Gasteiger partial charge >= 0.3 is 6.03 Å². The van der Waals surface area contributed by atoms with Crippen molar-refractivity contribution in [1.29, 1.82) is 0 Å². The Kier molecular flexibility index (Phi) is 5.03. The molecule has 0 aliphatic carbocycles. The molecule has 3 rings (SSSR count). The summed E-state index contributed by atoms with van der Waals surface area (Å²) in [6.07, 6.45) is 1.96. The predicted molar refractivity (Wildman–Crippen MR) is 89.0 cm³/mol. The van der Waals surface area contributed by atoms with Crippen molar-refractivity contribution in [2.75, 3.05) is 11.9 Å². The predicted octanol–water partition coefficient (Wildman–Crippen LogP) is 3.98. The smallest absolute Gasteiger partial charge is 0.319 e. The van der Waals surface area contributed by atoms with Crippen LogP contribution in [0.15, 0.2) is 59.2 Å². The van der Waals surface area contributed by atoms with Crippen LogP contribution in [0.2, 0.25) is 0 Å². The van der Waals surface area contributed by atoms with Crippen molar-refractivity contribution in [3.63, 3.8) is 0 Å². The summed E-state index contributed by atoms with van der Waals surface area (Å²) >= 11 is 0. The Morgan fingerprint density at radius 3 is 2.72 bits per heavy atom. The van der Waals surface area contributed by atoms with Gasteiger partial charge in [-0.1, -0.05) is 18.2 Å². The second kappa shape index (κ2) is 7.57. The number of amides is 2. The average Bonchev–Trinajstić information content (AvgIpc) is 3.08. The Labute approximate surface area is 142 Å². The number of anilines is 1. The van der Waals surface area contributed by atoms with E-state index in [4.69, 9.17) is 4.42 Å². The molecule has 2 aromatic carbocycles. The molecule has 0 fully saturated rings. The number of urea groups is 1. The molecule has 0 atom stereocenters. The van der Waals surface area contributed by atoms with E-state index in [1.807, 2.05) is 30.3 Å². The number of aromatic nitrogens is 1. The fraction of sp³-hybridized carbons (Fsp3) is 0.111. The molecule has 0 spiro atoms. The van der Waals surface area contributed by atoms with Gasteiger partial charge in [0.1, 0.15) is 17.9 Å². The Morgan fingerprint density at radius 2 is 1.92 bits per heavy atom. The summed E-state index contributed by atoms with van der Waals surface area (Å²) in [6, 6.07) is 11.7. The van der Waals surface area contributed by atoms with Crippen LogP contribution in [0.4, 0.5) is 19.3 Å². The average molecular weight is 343 g/mol. The van der Waals surface area contributed by atoms with E-state index in [0.717, 1.165) is 23.8 Å². The maximum Gasteiger partial charge on any atom is 0.319 e. The van der Waals surface area contributed by atoms with Gasteiger partial charge in [-0.3, -0.25) is 0 Å². The van der Waals surface area contributed by atoms with E-state index in [9.17, 15) is 13.6 Å². The zero-order valence-corrected chi connectivity index (χ0v) is 13.1. The molecule has 1 aromatic heterocycles. The third-order valence-corrected chi connectivity index (χ3v) is 3.42. The van der Waals surface area contributed by atoms with Crippen LogP contribution >= 0.6 is 0 Å². The van der Waals surface area contributed by atoms with Crippen LogP contribution in [0.5, 0.6) is 0 Å². The molecule has 0 aliphatic heterocycles. The minimum absolute atomic E-state index is 0.217. The van der Waals surface area contributed by atoms with Gasteiger partial charge in [0.2, 0.25) is 5.89 Å².